The van der Waals surface area contributed by atoms with Crippen molar-refractivity contribution < 1.29 is 14.2 Å². The minimum atomic E-state index is -0.532. The first kappa shape index (κ1) is 9.73. The van der Waals surface area contributed by atoms with Gasteiger partial charge in [0.1, 0.15) is 29.0 Å². The van der Waals surface area contributed by atoms with Crippen molar-refractivity contribution in [2.24, 2.45) is 5.11 Å². The summed E-state index contributed by atoms with van der Waals surface area (Å²) in [4.78, 5) is 2.95. The number of nitrogens with zero attached hydrogens (tertiary/aromatic N) is 2. The molecule has 78 valence electrons. The monoisotopic (exact) mass is 200 g/mol. The molecule has 0 radical (unpaired) electrons. The standard InChI is InChI=1S/C8H14N3O3/c1-8(2)13-6-4-12-5(3-10-11-9)7(6)14-8/h5-7,9H,3-4H2,1-2H3/q+1. The normalized spacial score (nSPS) is 39.1. The molecule has 2 aliphatic rings. The van der Waals surface area contributed by atoms with Gasteiger partial charge in [0, 0.05) is 0 Å². The summed E-state index contributed by atoms with van der Waals surface area (Å²) < 4.78 is 16.7. The van der Waals surface area contributed by atoms with E-state index in [1.165, 1.54) is 0 Å². The fourth-order valence-electron chi connectivity index (χ4n) is 1.90. The van der Waals surface area contributed by atoms with Gasteiger partial charge in [-0.15, -0.1) is 0 Å². The summed E-state index contributed by atoms with van der Waals surface area (Å²) in [5.41, 5.74) is 6.56. The molecular formula is C8H14N3O3+. The third-order valence-corrected chi connectivity index (χ3v) is 2.39. The predicted octanol–water partition coefficient (Wildman–Crippen LogP) is 0.456. The van der Waals surface area contributed by atoms with E-state index < -0.39 is 5.79 Å². The number of ether oxygens (including phenoxy) is 3. The summed E-state index contributed by atoms with van der Waals surface area (Å²) in [6.45, 7) is 4.67. The van der Waals surface area contributed by atoms with Gasteiger partial charge in [0.15, 0.2) is 12.3 Å². The van der Waals surface area contributed by atoms with Gasteiger partial charge in [-0.2, -0.15) is 0 Å². The first-order valence-corrected chi connectivity index (χ1v) is 4.63. The van der Waals surface area contributed by atoms with Crippen LogP contribution in [0.25, 0.3) is 0 Å². The fourth-order valence-corrected chi connectivity index (χ4v) is 1.90. The molecule has 0 aromatic heterocycles. The number of hydrogen-bond donors (Lipinski definition) is 1. The van der Waals surface area contributed by atoms with Crippen LogP contribution in [-0.2, 0) is 14.2 Å². The largest absolute Gasteiger partial charge is 0.370 e. The maximum Gasteiger partial charge on any atom is 0.214 e. The Kier molecular flexibility index (Phi) is 2.36. The molecule has 2 saturated heterocycles. The molecule has 6 heteroatoms. The summed E-state index contributed by atoms with van der Waals surface area (Å²) in [6.07, 6.45) is -0.206. The number of rotatable bonds is 2. The third-order valence-electron chi connectivity index (χ3n) is 2.39. The molecular weight excluding hydrogens is 186 g/mol. The Morgan fingerprint density at radius 1 is 1.50 bits per heavy atom. The predicted molar refractivity (Wildman–Crippen MR) is 45.7 cm³/mol. The van der Waals surface area contributed by atoms with E-state index in [1.807, 2.05) is 13.8 Å². The minimum Gasteiger partial charge on any atom is -0.370 e. The van der Waals surface area contributed by atoms with Crippen LogP contribution in [-0.4, -0.2) is 37.3 Å². The molecule has 0 aliphatic carbocycles. The Bertz CT molecular complexity index is 275. The van der Waals surface area contributed by atoms with Gasteiger partial charge in [-0.05, 0) is 13.8 Å². The van der Waals surface area contributed by atoms with Crippen molar-refractivity contribution >= 4 is 0 Å². The fraction of sp³-hybridized carbons (Fsp3) is 1.00. The van der Waals surface area contributed by atoms with Crippen LogP contribution >= 0.6 is 0 Å². The number of hydrogen-bond acceptors (Lipinski definition) is 5. The van der Waals surface area contributed by atoms with E-state index in [0.717, 1.165) is 0 Å². The molecule has 0 aromatic carbocycles. The van der Waals surface area contributed by atoms with E-state index in [-0.39, 0.29) is 18.3 Å². The Labute approximate surface area is 81.8 Å². The van der Waals surface area contributed by atoms with Gasteiger partial charge >= 0.3 is 0 Å². The van der Waals surface area contributed by atoms with E-state index in [9.17, 15) is 0 Å². The van der Waals surface area contributed by atoms with Gasteiger partial charge in [-0.1, -0.05) is 0 Å². The van der Waals surface area contributed by atoms with Crippen molar-refractivity contribution in [1.29, 1.82) is 5.53 Å². The molecule has 3 unspecified atom stereocenters. The van der Waals surface area contributed by atoms with Gasteiger partial charge in [-0.3, -0.25) is 0 Å². The lowest BCUT2D eigenvalue weighted by molar-refractivity contribution is -0.173. The van der Waals surface area contributed by atoms with E-state index in [2.05, 4.69) is 10.0 Å². The quantitative estimate of drug-likeness (QED) is 0.519. The van der Waals surface area contributed by atoms with Crippen molar-refractivity contribution in [3.63, 3.8) is 0 Å². The first-order chi connectivity index (χ1) is 6.62. The average molecular weight is 200 g/mol. The van der Waals surface area contributed by atoms with Gasteiger partial charge in [-0.25, -0.2) is 0 Å². The lowest BCUT2D eigenvalue weighted by atomic mass is 10.1. The average Bonchev–Trinajstić information content (AvgIpc) is 2.57. The van der Waals surface area contributed by atoms with Gasteiger partial charge in [0.25, 0.3) is 0 Å². The smallest absolute Gasteiger partial charge is 0.214 e. The maximum absolute atomic E-state index is 6.56. The second-order valence-electron chi connectivity index (χ2n) is 3.93. The molecule has 0 bridgehead atoms. The second-order valence-corrected chi connectivity index (χ2v) is 3.93. The Balaban J connectivity index is 2.01. The van der Waals surface area contributed by atoms with E-state index >= 15 is 0 Å². The minimum absolute atomic E-state index is 0.00377. The zero-order valence-electron chi connectivity index (χ0n) is 8.27. The van der Waals surface area contributed by atoms with Gasteiger partial charge in [0.2, 0.25) is 4.91 Å². The highest BCUT2D eigenvalue weighted by molar-refractivity contribution is 4.92. The van der Waals surface area contributed by atoms with Crippen molar-refractivity contribution in [3.05, 3.63) is 0 Å². The summed E-state index contributed by atoms with van der Waals surface area (Å²) in [7, 11) is 0. The zero-order chi connectivity index (χ0) is 10.2. The highest BCUT2D eigenvalue weighted by atomic mass is 16.8. The summed E-state index contributed by atoms with van der Waals surface area (Å²) in [5.74, 6) is -0.532. The molecule has 0 aromatic rings. The van der Waals surface area contributed by atoms with Crippen molar-refractivity contribution in [2.75, 3.05) is 13.2 Å². The Hall–Kier alpha value is -0.810. The highest BCUT2D eigenvalue weighted by Crippen LogP contribution is 2.35. The first-order valence-electron chi connectivity index (χ1n) is 4.63. The van der Waals surface area contributed by atoms with E-state index in [4.69, 9.17) is 19.7 Å². The lowest BCUT2D eigenvalue weighted by Gasteiger charge is -2.19. The van der Waals surface area contributed by atoms with Crippen molar-refractivity contribution in [2.45, 2.75) is 37.9 Å². The molecule has 14 heavy (non-hydrogen) atoms. The maximum atomic E-state index is 6.56. The summed E-state index contributed by atoms with van der Waals surface area (Å²) in [6, 6.07) is 0. The van der Waals surface area contributed by atoms with Crippen LogP contribution in [0, 0.1) is 5.53 Å². The van der Waals surface area contributed by atoms with Crippen molar-refractivity contribution in [3.8, 4) is 0 Å². The molecule has 0 amide bonds. The lowest BCUT2D eigenvalue weighted by Crippen LogP contribution is -2.31. The summed E-state index contributed by atoms with van der Waals surface area (Å²) in [5, 5.41) is 3.59. The van der Waals surface area contributed by atoms with E-state index in [1.54, 1.807) is 0 Å². The molecule has 1 N–H and O–H groups in total. The molecule has 6 nitrogen and oxygen atoms in total. The molecule has 0 spiro atoms. The van der Waals surface area contributed by atoms with Gasteiger partial charge < -0.3 is 14.2 Å². The second kappa shape index (κ2) is 3.40. The van der Waals surface area contributed by atoms with Crippen LogP contribution in [0.3, 0.4) is 0 Å². The van der Waals surface area contributed by atoms with Crippen LogP contribution in [0.2, 0.25) is 0 Å². The van der Waals surface area contributed by atoms with Crippen LogP contribution in [0.1, 0.15) is 13.8 Å². The van der Waals surface area contributed by atoms with Crippen LogP contribution in [0.15, 0.2) is 5.11 Å². The van der Waals surface area contributed by atoms with Crippen LogP contribution < -0.4 is 4.91 Å². The third kappa shape index (κ3) is 1.69. The topological polar surface area (TPSA) is 78.0 Å². The van der Waals surface area contributed by atoms with Gasteiger partial charge in [0.05, 0.1) is 6.61 Å². The molecule has 2 heterocycles. The Morgan fingerprint density at radius 2 is 2.29 bits per heavy atom. The molecule has 2 aliphatic heterocycles. The van der Waals surface area contributed by atoms with Crippen LogP contribution in [0.5, 0.6) is 0 Å². The van der Waals surface area contributed by atoms with Crippen molar-refractivity contribution in [1.82, 2.24) is 4.91 Å². The van der Waals surface area contributed by atoms with Crippen LogP contribution in [0.4, 0.5) is 0 Å². The Morgan fingerprint density at radius 3 is 3.00 bits per heavy atom. The summed E-state index contributed by atoms with van der Waals surface area (Å²) >= 11 is 0. The molecule has 2 rings (SSSR count). The highest BCUT2D eigenvalue weighted by Gasteiger charge is 2.50. The SMILES string of the molecule is CC1(C)OC2COC(CN=[N+]=N)C2O1. The zero-order valence-corrected chi connectivity index (χ0v) is 8.27. The number of fused-ring (bicyclic) bond motifs is 1. The van der Waals surface area contributed by atoms with E-state index in [0.29, 0.717) is 13.2 Å². The molecule has 3 atom stereocenters. The molecule has 0 saturated carbocycles. The molecule has 2 fully saturated rings. The number of nitrogens with one attached hydrogen (secondary N) is 1.